The largest absolute Gasteiger partial charge is 0.369 e. The molecule has 0 aliphatic carbocycles. The maximum atomic E-state index is 10.4. The van der Waals surface area contributed by atoms with Crippen LogP contribution in [-0.2, 0) is 4.79 Å². The summed E-state index contributed by atoms with van der Waals surface area (Å²) in [6.07, 6.45) is 0. The van der Waals surface area contributed by atoms with Crippen LogP contribution < -0.4 is 21.7 Å². The van der Waals surface area contributed by atoms with Crippen molar-refractivity contribution in [3.8, 4) is 0 Å². The van der Waals surface area contributed by atoms with E-state index in [0.29, 0.717) is 6.54 Å². The Labute approximate surface area is 96.9 Å². The average Bonchev–Trinajstić information content (AvgIpc) is 2.32. The van der Waals surface area contributed by atoms with Gasteiger partial charge in [0.1, 0.15) is 0 Å². The molecule has 2 aliphatic rings. The number of carbonyl (C=O) groups is 1. The molecule has 0 aromatic carbocycles. The van der Waals surface area contributed by atoms with Crippen LogP contribution in [0.25, 0.3) is 0 Å². The molecule has 2 fully saturated rings. The van der Waals surface area contributed by atoms with E-state index in [0.717, 1.165) is 52.4 Å². The molecule has 0 atom stereocenters. The highest BCUT2D eigenvalue weighted by Gasteiger charge is 2.10. The number of carbonyl (C=O) groups excluding carboxylic acids is 1. The summed E-state index contributed by atoms with van der Waals surface area (Å²) >= 11 is 0. The van der Waals surface area contributed by atoms with Gasteiger partial charge in [0.2, 0.25) is 5.91 Å². The van der Waals surface area contributed by atoms with Crippen LogP contribution in [0.2, 0.25) is 0 Å². The Morgan fingerprint density at radius 3 is 1.75 bits per heavy atom. The molecule has 0 bridgehead atoms. The topological polar surface area (TPSA) is 82.4 Å². The van der Waals surface area contributed by atoms with Crippen LogP contribution >= 0.6 is 0 Å². The number of primary amides is 1. The lowest BCUT2D eigenvalue weighted by Gasteiger charge is -2.25. The van der Waals surface area contributed by atoms with Gasteiger partial charge in [-0.2, -0.15) is 0 Å². The number of rotatable bonds is 2. The second-order valence-electron chi connectivity index (χ2n) is 3.99. The molecule has 2 saturated heterocycles. The van der Waals surface area contributed by atoms with Gasteiger partial charge in [-0.3, -0.25) is 9.69 Å². The number of nitrogens with zero attached hydrogens (tertiary/aromatic N) is 1. The van der Waals surface area contributed by atoms with Gasteiger partial charge in [-0.1, -0.05) is 0 Å². The maximum Gasteiger partial charge on any atom is 0.231 e. The minimum absolute atomic E-state index is 0.234. The van der Waals surface area contributed by atoms with Crippen LogP contribution in [-0.4, -0.2) is 69.7 Å². The summed E-state index contributed by atoms with van der Waals surface area (Å²) in [5.74, 6) is -0.234. The fourth-order valence-electron chi connectivity index (χ4n) is 1.69. The molecule has 94 valence electrons. The van der Waals surface area contributed by atoms with E-state index in [1.54, 1.807) is 0 Å². The molecule has 6 nitrogen and oxygen atoms in total. The molecule has 6 heteroatoms. The maximum absolute atomic E-state index is 10.4. The van der Waals surface area contributed by atoms with Gasteiger partial charge in [-0.25, -0.2) is 0 Å². The first-order valence-electron chi connectivity index (χ1n) is 5.92. The van der Waals surface area contributed by atoms with Crippen LogP contribution in [0.5, 0.6) is 0 Å². The lowest BCUT2D eigenvalue weighted by atomic mass is 10.3. The first-order valence-corrected chi connectivity index (χ1v) is 5.92. The number of hydrogen-bond acceptors (Lipinski definition) is 5. The predicted molar refractivity (Wildman–Crippen MR) is 64.2 cm³/mol. The quantitative estimate of drug-likeness (QED) is 0.423. The van der Waals surface area contributed by atoms with Crippen molar-refractivity contribution in [3.05, 3.63) is 0 Å². The third-order valence-corrected chi connectivity index (χ3v) is 2.55. The zero-order valence-electron chi connectivity index (χ0n) is 9.80. The second-order valence-corrected chi connectivity index (χ2v) is 3.99. The van der Waals surface area contributed by atoms with Crippen molar-refractivity contribution < 1.29 is 4.79 Å². The lowest BCUT2D eigenvalue weighted by molar-refractivity contribution is -0.119. The standard InChI is InChI=1S/C6H13N3O.C4H10N2/c7-6(10)5-9-3-1-8-2-4-9;1-2-6-4-3-5-1/h8H,1-5H2,(H2,7,10);5-6H,1-4H2. The van der Waals surface area contributed by atoms with E-state index in [-0.39, 0.29) is 5.91 Å². The van der Waals surface area contributed by atoms with E-state index >= 15 is 0 Å². The van der Waals surface area contributed by atoms with Crippen LogP contribution in [0.15, 0.2) is 0 Å². The van der Waals surface area contributed by atoms with E-state index in [1.165, 1.54) is 0 Å². The molecule has 2 heterocycles. The molecular weight excluding hydrogens is 206 g/mol. The Hall–Kier alpha value is -0.690. The molecule has 0 aromatic rings. The van der Waals surface area contributed by atoms with Crippen molar-refractivity contribution in [2.75, 3.05) is 58.9 Å². The van der Waals surface area contributed by atoms with Crippen LogP contribution in [0, 0.1) is 0 Å². The highest BCUT2D eigenvalue weighted by molar-refractivity contribution is 5.75. The zero-order chi connectivity index (χ0) is 11.6. The minimum Gasteiger partial charge on any atom is -0.369 e. The summed E-state index contributed by atoms with van der Waals surface area (Å²) in [6.45, 7) is 8.76. The second kappa shape index (κ2) is 8.46. The number of nitrogens with one attached hydrogen (secondary N) is 3. The minimum atomic E-state index is -0.234. The molecule has 5 N–H and O–H groups in total. The van der Waals surface area contributed by atoms with Crippen molar-refractivity contribution >= 4 is 5.91 Å². The van der Waals surface area contributed by atoms with E-state index in [9.17, 15) is 4.79 Å². The van der Waals surface area contributed by atoms with Gasteiger partial charge in [-0.05, 0) is 0 Å². The molecule has 0 radical (unpaired) electrons. The van der Waals surface area contributed by atoms with Gasteiger partial charge >= 0.3 is 0 Å². The molecule has 0 saturated carbocycles. The fourth-order valence-corrected chi connectivity index (χ4v) is 1.69. The fraction of sp³-hybridized carbons (Fsp3) is 0.900. The molecule has 1 amide bonds. The van der Waals surface area contributed by atoms with E-state index < -0.39 is 0 Å². The highest BCUT2D eigenvalue weighted by atomic mass is 16.1. The smallest absolute Gasteiger partial charge is 0.231 e. The number of piperazine rings is 2. The first-order chi connectivity index (χ1) is 7.79. The Balaban J connectivity index is 0.000000181. The molecule has 2 aliphatic heterocycles. The first kappa shape index (κ1) is 13.4. The van der Waals surface area contributed by atoms with Gasteiger partial charge in [0.15, 0.2) is 0 Å². The Morgan fingerprint density at radius 2 is 1.38 bits per heavy atom. The Kier molecular flexibility index (Phi) is 7.07. The van der Waals surface area contributed by atoms with Crippen LogP contribution in [0.4, 0.5) is 0 Å². The zero-order valence-corrected chi connectivity index (χ0v) is 9.80. The Bertz CT molecular complexity index is 178. The third-order valence-electron chi connectivity index (χ3n) is 2.55. The van der Waals surface area contributed by atoms with Crippen LogP contribution in [0.3, 0.4) is 0 Å². The number of amides is 1. The number of hydrogen-bond donors (Lipinski definition) is 4. The van der Waals surface area contributed by atoms with Gasteiger partial charge in [-0.15, -0.1) is 0 Å². The van der Waals surface area contributed by atoms with Crippen LogP contribution in [0.1, 0.15) is 0 Å². The molecule has 0 aromatic heterocycles. The normalized spacial score (nSPS) is 22.0. The van der Waals surface area contributed by atoms with Gasteiger partial charge in [0, 0.05) is 52.4 Å². The predicted octanol–water partition coefficient (Wildman–Crippen LogP) is -2.44. The third kappa shape index (κ3) is 6.73. The van der Waals surface area contributed by atoms with Crippen molar-refractivity contribution in [2.24, 2.45) is 5.73 Å². The monoisotopic (exact) mass is 229 g/mol. The van der Waals surface area contributed by atoms with Crippen molar-refractivity contribution in [2.45, 2.75) is 0 Å². The van der Waals surface area contributed by atoms with E-state index in [1.807, 2.05) is 0 Å². The summed E-state index contributed by atoms with van der Waals surface area (Å²) in [4.78, 5) is 12.5. The Morgan fingerprint density at radius 1 is 0.938 bits per heavy atom. The van der Waals surface area contributed by atoms with Gasteiger partial charge in [0.25, 0.3) is 0 Å². The SMILES string of the molecule is C1CNCCN1.NC(=O)CN1CCNCC1. The molecular formula is C10H23N5O. The summed E-state index contributed by atoms with van der Waals surface area (Å²) in [7, 11) is 0. The van der Waals surface area contributed by atoms with Crippen molar-refractivity contribution in [1.82, 2.24) is 20.9 Å². The summed E-state index contributed by atoms with van der Waals surface area (Å²) in [6, 6.07) is 0. The van der Waals surface area contributed by atoms with Crippen molar-refractivity contribution in [3.63, 3.8) is 0 Å². The summed E-state index contributed by atoms with van der Waals surface area (Å²) in [5.41, 5.74) is 5.02. The highest BCUT2D eigenvalue weighted by Crippen LogP contribution is 1.89. The average molecular weight is 229 g/mol. The van der Waals surface area contributed by atoms with Gasteiger partial charge < -0.3 is 21.7 Å². The van der Waals surface area contributed by atoms with Crippen molar-refractivity contribution in [1.29, 1.82) is 0 Å². The molecule has 2 rings (SSSR count). The number of nitrogens with two attached hydrogens (primary N) is 1. The van der Waals surface area contributed by atoms with E-state index in [2.05, 4.69) is 20.9 Å². The van der Waals surface area contributed by atoms with Gasteiger partial charge in [0.05, 0.1) is 6.54 Å². The molecule has 0 spiro atoms. The molecule has 16 heavy (non-hydrogen) atoms. The summed E-state index contributed by atoms with van der Waals surface area (Å²) in [5, 5.41) is 9.64. The molecule has 0 unspecified atom stereocenters. The lowest BCUT2D eigenvalue weighted by Crippen LogP contribution is -2.46. The summed E-state index contributed by atoms with van der Waals surface area (Å²) < 4.78 is 0. The van der Waals surface area contributed by atoms with E-state index in [4.69, 9.17) is 5.73 Å².